The monoisotopic (exact) mass is 493 g/mol. The highest BCUT2D eigenvalue weighted by atomic mass is 32.2. The molecule has 0 aliphatic carbocycles. The van der Waals surface area contributed by atoms with Crippen LogP contribution in [0.5, 0.6) is 0 Å². The summed E-state index contributed by atoms with van der Waals surface area (Å²) in [4.78, 5) is 27.9. The third kappa shape index (κ3) is 5.70. The Morgan fingerprint density at radius 3 is 2.34 bits per heavy atom. The first-order valence-corrected chi connectivity index (χ1v) is 12.7. The van der Waals surface area contributed by atoms with Gasteiger partial charge in [0.2, 0.25) is 5.91 Å². The van der Waals surface area contributed by atoms with E-state index in [1.54, 1.807) is 65.6 Å². The van der Waals surface area contributed by atoms with Crippen molar-refractivity contribution in [1.82, 2.24) is 4.90 Å². The van der Waals surface area contributed by atoms with E-state index in [4.69, 9.17) is 4.74 Å². The minimum atomic E-state index is -4.02. The summed E-state index contributed by atoms with van der Waals surface area (Å²) in [6.07, 6.45) is 0. The number of carbonyl (C=O) groups excluding carboxylic acids is 2. The molecule has 3 aromatic rings. The van der Waals surface area contributed by atoms with Crippen LogP contribution in [0.4, 0.5) is 11.4 Å². The van der Waals surface area contributed by atoms with Crippen LogP contribution >= 0.6 is 0 Å². The number of para-hydroxylation sites is 1. The van der Waals surface area contributed by atoms with Crippen molar-refractivity contribution in [3.63, 3.8) is 0 Å². The molecule has 9 heteroatoms. The number of benzene rings is 3. The zero-order chi connectivity index (χ0) is 24.8. The highest BCUT2D eigenvalue weighted by Gasteiger charge is 2.28. The smallest absolute Gasteiger partial charge is 0.264 e. The Labute approximate surface area is 205 Å². The number of aryl methyl sites for hydroxylation is 1. The highest BCUT2D eigenvalue weighted by molar-refractivity contribution is 7.92. The van der Waals surface area contributed by atoms with Crippen molar-refractivity contribution < 1.29 is 22.7 Å². The Kier molecular flexibility index (Phi) is 7.48. The average Bonchev–Trinajstić information content (AvgIpc) is 2.88. The van der Waals surface area contributed by atoms with Gasteiger partial charge in [-0.05, 0) is 48.9 Å². The second kappa shape index (κ2) is 10.7. The van der Waals surface area contributed by atoms with Gasteiger partial charge in [0.05, 0.1) is 35.0 Å². The van der Waals surface area contributed by atoms with Gasteiger partial charge in [-0.2, -0.15) is 0 Å². The Morgan fingerprint density at radius 1 is 0.943 bits per heavy atom. The van der Waals surface area contributed by atoms with E-state index in [0.29, 0.717) is 43.2 Å². The van der Waals surface area contributed by atoms with E-state index in [-0.39, 0.29) is 10.8 Å². The normalized spacial score (nSPS) is 13.8. The van der Waals surface area contributed by atoms with Crippen LogP contribution in [0.3, 0.4) is 0 Å². The van der Waals surface area contributed by atoms with Crippen LogP contribution in [-0.2, 0) is 19.6 Å². The van der Waals surface area contributed by atoms with E-state index in [1.807, 2.05) is 13.0 Å². The predicted molar refractivity (Wildman–Crippen MR) is 134 cm³/mol. The van der Waals surface area contributed by atoms with E-state index in [2.05, 4.69) is 5.32 Å². The molecule has 1 aliphatic heterocycles. The first-order valence-electron chi connectivity index (χ1n) is 11.3. The molecule has 4 rings (SSSR count). The molecule has 0 spiro atoms. The van der Waals surface area contributed by atoms with Crippen LogP contribution in [0.25, 0.3) is 0 Å². The summed E-state index contributed by atoms with van der Waals surface area (Å²) in [6, 6.07) is 21.7. The number of ether oxygens (including phenoxy) is 1. The maximum atomic E-state index is 13.5. The van der Waals surface area contributed by atoms with Gasteiger partial charge in [0, 0.05) is 13.1 Å². The molecule has 0 atom stereocenters. The lowest BCUT2D eigenvalue weighted by atomic mass is 10.1. The SMILES string of the molecule is Cc1cccc(N(CC(=O)Nc2ccccc2C(=O)N2CCOCC2)S(=O)(=O)c2ccccc2)c1. The lowest BCUT2D eigenvalue weighted by molar-refractivity contribution is -0.114. The quantitative estimate of drug-likeness (QED) is 0.545. The molecule has 2 amide bonds. The Balaban J connectivity index is 1.61. The van der Waals surface area contributed by atoms with Gasteiger partial charge >= 0.3 is 0 Å². The van der Waals surface area contributed by atoms with Crippen molar-refractivity contribution in [2.75, 3.05) is 42.5 Å². The van der Waals surface area contributed by atoms with Gasteiger partial charge in [0.25, 0.3) is 15.9 Å². The number of amides is 2. The van der Waals surface area contributed by atoms with Gasteiger partial charge in [-0.1, -0.05) is 42.5 Å². The summed E-state index contributed by atoms with van der Waals surface area (Å²) in [5.41, 5.74) is 1.91. The second-order valence-electron chi connectivity index (χ2n) is 8.16. The number of morpholine rings is 1. The number of rotatable bonds is 7. The van der Waals surface area contributed by atoms with Crippen LogP contribution in [0, 0.1) is 6.92 Å². The first-order chi connectivity index (χ1) is 16.9. The van der Waals surface area contributed by atoms with Gasteiger partial charge in [-0.3, -0.25) is 13.9 Å². The highest BCUT2D eigenvalue weighted by Crippen LogP contribution is 2.25. The number of sulfonamides is 1. The molecule has 35 heavy (non-hydrogen) atoms. The number of nitrogens with one attached hydrogen (secondary N) is 1. The fraction of sp³-hybridized carbons (Fsp3) is 0.231. The van der Waals surface area contributed by atoms with Crippen LogP contribution in [0.1, 0.15) is 15.9 Å². The molecular weight excluding hydrogens is 466 g/mol. The van der Waals surface area contributed by atoms with Crippen molar-refractivity contribution in [3.8, 4) is 0 Å². The fourth-order valence-corrected chi connectivity index (χ4v) is 5.29. The summed E-state index contributed by atoms with van der Waals surface area (Å²) < 4.78 is 33.4. The van der Waals surface area contributed by atoms with Gasteiger partial charge in [-0.25, -0.2) is 8.42 Å². The molecule has 1 heterocycles. The Hall–Kier alpha value is -3.69. The summed E-state index contributed by atoms with van der Waals surface area (Å²) in [5.74, 6) is -0.773. The lowest BCUT2D eigenvalue weighted by Crippen LogP contribution is -2.41. The van der Waals surface area contributed by atoms with Crippen molar-refractivity contribution >= 4 is 33.2 Å². The molecule has 0 bridgehead atoms. The minimum absolute atomic E-state index is 0.0807. The third-order valence-electron chi connectivity index (χ3n) is 5.64. The largest absolute Gasteiger partial charge is 0.378 e. The van der Waals surface area contributed by atoms with Crippen LogP contribution in [0.2, 0.25) is 0 Å². The zero-order valence-electron chi connectivity index (χ0n) is 19.4. The molecule has 1 fully saturated rings. The summed E-state index contributed by atoms with van der Waals surface area (Å²) >= 11 is 0. The Morgan fingerprint density at radius 2 is 1.63 bits per heavy atom. The topological polar surface area (TPSA) is 96.0 Å². The Bertz CT molecular complexity index is 1310. The van der Waals surface area contributed by atoms with Gasteiger partial charge < -0.3 is 15.0 Å². The third-order valence-corrected chi connectivity index (χ3v) is 7.43. The molecule has 0 saturated carbocycles. The summed E-state index contributed by atoms with van der Waals surface area (Å²) in [6.45, 7) is 3.26. The van der Waals surface area contributed by atoms with E-state index < -0.39 is 22.5 Å². The fourth-order valence-electron chi connectivity index (χ4n) is 3.85. The second-order valence-corrected chi connectivity index (χ2v) is 10.0. The molecule has 1 N–H and O–H groups in total. The van der Waals surface area contributed by atoms with Crippen molar-refractivity contribution in [2.45, 2.75) is 11.8 Å². The maximum Gasteiger partial charge on any atom is 0.264 e. The standard InChI is InChI=1S/C26H27N3O5S/c1-20-8-7-9-21(18-20)29(35(32,33)22-10-3-2-4-11-22)19-25(30)27-24-13-6-5-12-23(24)26(31)28-14-16-34-17-15-28/h2-13,18H,14-17,19H2,1H3,(H,27,30). The molecule has 3 aromatic carbocycles. The first kappa shape index (κ1) is 24.4. The molecule has 1 aliphatic rings. The number of carbonyl (C=O) groups is 2. The molecule has 182 valence electrons. The molecular formula is C26H27N3O5S. The van der Waals surface area contributed by atoms with E-state index in [0.717, 1.165) is 9.87 Å². The zero-order valence-corrected chi connectivity index (χ0v) is 20.2. The predicted octanol–water partition coefficient (Wildman–Crippen LogP) is 3.30. The summed E-state index contributed by atoms with van der Waals surface area (Å²) in [7, 11) is -4.02. The van der Waals surface area contributed by atoms with Crippen molar-refractivity contribution in [3.05, 3.63) is 90.0 Å². The van der Waals surface area contributed by atoms with Crippen molar-refractivity contribution in [2.24, 2.45) is 0 Å². The molecule has 0 unspecified atom stereocenters. The van der Waals surface area contributed by atoms with Crippen LogP contribution < -0.4 is 9.62 Å². The van der Waals surface area contributed by atoms with E-state index >= 15 is 0 Å². The van der Waals surface area contributed by atoms with Gasteiger partial charge in [-0.15, -0.1) is 0 Å². The number of nitrogens with zero attached hydrogens (tertiary/aromatic N) is 2. The number of hydrogen-bond acceptors (Lipinski definition) is 5. The van der Waals surface area contributed by atoms with E-state index in [9.17, 15) is 18.0 Å². The maximum absolute atomic E-state index is 13.5. The number of hydrogen-bond donors (Lipinski definition) is 1. The molecule has 0 radical (unpaired) electrons. The van der Waals surface area contributed by atoms with Gasteiger partial charge in [0.15, 0.2) is 0 Å². The van der Waals surface area contributed by atoms with Gasteiger partial charge in [0.1, 0.15) is 6.54 Å². The molecule has 1 saturated heterocycles. The minimum Gasteiger partial charge on any atom is -0.378 e. The molecule has 8 nitrogen and oxygen atoms in total. The number of anilines is 2. The average molecular weight is 494 g/mol. The molecule has 0 aromatic heterocycles. The van der Waals surface area contributed by atoms with Crippen LogP contribution in [-0.4, -0.2) is 58.0 Å². The summed E-state index contributed by atoms with van der Waals surface area (Å²) in [5, 5.41) is 2.75. The van der Waals surface area contributed by atoms with Crippen LogP contribution in [0.15, 0.2) is 83.8 Å². The van der Waals surface area contributed by atoms with E-state index in [1.165, 1.54) is 12.1 Å². The lowest BCUT2D eigenvalue weighted by Gasteiger charge is -2.28. The van der Waals surface area contributed by atoms with Crippen molar-refractivity contribution in [1.29, 1.82) is 0 Å².